The first-order valence-electron chi connectivity index (χ1n) is 6.77. The number of ether oxygens (including phenoxy) is 2. The molecule has 5 heteroatoms. The summed E-state index contributed by atoms with van der Waals surface area (Å²) >= 11 is 0. The highest BCUT2D eigenvalue weighted by Gasteiger charge is 2.45. The Morgan fingerprint density at radius 1 is 1.35 bits per heavy atom. The Labute approximate surface area is 118 Å². The van der Waals surface area contributed by atoms with Crippen molar-refractivity contribution in [1.82, 2.24) is 0 Å². The fraction of sp³-hybridized carbons (Fsp3) is 0.533. The third-order valence-corrected chi connectivity index (χ3v) is 3.63. The number of rotatable bonds is 4. The molecule has 110 valence electrons. The summed E-state index contributed by atoms with van der Waals surface area (Å²) in [6, 6.07) is 7.34. The van der Waals surface area contributed by atoms with Gasteiger partial charge in [-0.1, -0.05) is 12.1 Å². The zero-order chi connectivity index (χ0) is 14.8. The van der Waals surface area contributed by atoms with Gasteiger partial charge in [-0.05, 0) is 26.0 Å². The van der Waals surface area contributed by atoms with Crippen molar-refractivity contribution < 1.29 is 19.4 Å². The second-order valence-corrected chi connectivity index (χ2v) is 5.38. The van der Waals surface area contributed by atoms with Crippen LogP contribution in [-0.4, -0.2) is 35.9 Å². The summed E-state index contributed by atoms with van der Waals surface area (Å²) in [5.41, 5.74) is -0.329. The minimum absolute atomic E-state index is 0.0999. The molecule has 1 saturated heterocycles. The van der Waals surface area contributed by atoms with Crippen LogP contribution in [0.4, 0.5) is 5.69 Å². The monoisotopic (exact) mass is 279 g/mol. The third kappa shape index (κ3) is 2.88. The molecule has 0 saturated carbocycles. The molecule has 1 aliphatic heterocycles. The zero-order valence-corrected chi connectivity index (χ0v) is 12.1. The normalized spacial score (nSPS) is 29.8. The van der Waals surface area contributed by atoms with E-state index in [0.717, 1.165) is 0 Å². The topological polar surface area (TPSA) is 67.8 Å². The van der Waals surface area contributed by atoms with E-state index < -0.39 is 11.5 Å². The van der Waals surface area contributed by atoms with Gasteiger partial charge in [0, 0.05) is 12.8 Å². The smallest absolute Gasteiger partial charge is 0.329 e. The quantitative estimate of drug-likeness (QED) is 0.886. The van der Waals surface area contributed by atoms with Crippen LogP contribution in [0, 0.1) is 0 Å². The molecular formula is C15H21NO4. The molecule has 0 aliphatic carbocycles. The predicted molar refractivity (Wildman–Crippen MR) is 76.2 cm³/mol. The molecule has 1 aromatic rings. The molecule has 1 fully saturated rings. The van der Waals surface area contributed by atoms with Crippen LogP contribution in [0.3, 0.4) is 0 Å². The first-order chi connectivity index (χ1) is 9.47. The van der Waals surface area contributed by atoms with Crippen LogP contribution in [0.15, 0.2) is 24.3 Å². The lowest BCUT2D eigenvalue weighted by Gasteiger charge is -2.41. The number of hydrogen-bond acceptors (Lipinski definition) is 4. The summed E-state index contributed by atoms with van der Waals surface area (Å²) in [5, 5.41) is 12.9. The molecule has 2 unspecified atom stereocenters. The summed E-state index contributed by atoms with van der Waals surface area (Å²) in [5.74, 6) is -0.217. The molecule has 1 aliphatic rings. The standard InChI is InChI=1S/C15H21NO4/c1-10-8-15(14(17)18,9-11(2)20-10)16-12-6-4-5-7-13(12)19-3/h4-7,10-11,16H,8-9H2,1-3H3,(H,17,18). The van der Waals surface area contributed by atoms with Crippen molar-refractivity contribution in [3.63, 3.8) is 0 Å². The molecule has 0 amide bonds. The molecule has 2 rings (SSSR count). The fourth-order valence-electron chi connectivity index (χ4n) is 2.89. The molecule has 5 nitrogen and oxygen atoms in total. The maximum absolute atomic E-state index is 11.8. The second-order valence-electron chi connectivity index (χ2n) is 5.38. The Morgan fingerprint density at radius 2 is 1.95 bits per heavy atom. The summed E-state index contributed by atoms with van der Waals surface area (Å²) in [4.78, 5) is 11.8. The van der Waals surface area contributed by atoms with Crippen molar-refractivity contribution in [1.29, 1.82) is 0 Å². The largest absolute Gasteiger partial charge is 0.495 e. The SMILES string of the molecule is COc1ccccc1NC1(C(=O)O)CC(C)OC(C)C1. The number of carbonyl (C=O) groups is 1. The maximum Gasteiger partial charge on any atom is 0.329 e. The number of anilines is 1. The van der Waals surface area contributed by atoms with E-state index in [2.05, 4.69) is 5.32 Å². The number of carboxylic acids is 1. The van der Waals surface area contributed by atoms with Gasteiger partial charge in [-0.25, -0.2) is 4.79 Å². The Bertz CT molecular complexity index is 479. The fourth-order valence-corrected chi connectivity index (χ4v) is 2.89. The minimum atomic E-state index is -1.02. The van der Waals surface area contributed by atoms with Crippen LogP contribution in [0.25, 0.3) is 0 Å². The van der Waals surface area contributed by atoms with Gasteiger partial charge < -0.3 is 19.9 Å². The number of carboxylic acid groups (broad SMARTS) is 1. The van der Waals surface area contributed by atoms with Gasteiger partial charge in [0.2, 0.25) is 0 Å². The third-order valence-electron chi connectivity index (χ3n) is 3.63. The molecule has 0 bridgehead atoms. The molecule has 2 atom stereocenters. The van der Waals surface area contributed by atoms with Gasteiger partial charge in [0.25, 0.3) is 0 Å². The molecule has 20 heavy (non-hydrogen) atoms. The Balaban J connectivity index is 2.32. The highest BCUT2D eigenvalue weighted by molar-refractivity contribution is 5.84. The van der Waals surface area contributed by atoms with Gasteiger partial charge in [0.1, 0.15) is 11.3 Å². The van der Waals surface area contributed by atoms with E-state index in [4.69, 9.17) is 9.47 Å². The average molecular weight is 279 g/mol. The number of benzene rings is 1. The average Bonchev–Trinajstić information content (AvgIpc) is 2.38. The van der Waals surface area contributed by atoms with Crippen LogP contribution in [0.1, 0.15) is 26.7 Å². The Kier molecular flexibility index (Phi) is 4.18. The van der Waals surface area contributed by atoms with Crippen LogP contribution >= 0.6 is 0 Å². The van der Waals surface area contributed by atoms with Crippen LogP contribution in [-0.2, 0) is 9.53 Å². The zero-order valence-electron chi connectivity index (χ0n) is 12.1. The molecule has 0 spiro atoms. The molecule has 1 heterocycles. The Hall–Kier alpha value is -1.75. The van der Waals surface area contributed by atoms with Gasteiger partial charge in [0.15, 0.2) is 0 Å². The van der Waals surface area contributed by atoms with Gasteiger partial charge in [-0.3, -0.25) is 0 Å². The van der Waals surface area contributed by atoms with E-state index in [1.54, 1.807) is 7.11 Å². The van der Waals surface area contributed by atoms with E-state index in [0.29, 0.717) is 24.3 Å². The van der Waals surface area contributed by atoms with Gasteiger partial charge in [-0.2, -0.15) is 0 Å². The number of aliphatic carboxylic acids is 1. The lowest BCUT2D eigenvalue weighted by atomic mass is 9.84. The van der Waals surface area contributed by atoms with E-state index in [9.17, 15) is 9.90 Å². The van der Waals surface area contributed by atoms with Crippen molar-refractivity contribution >= 4 is 11.7 Å². The summed E-state index contributed by atoms with van der Waals surface area (Å²) in [6.45, 7) is 3.80. The van der Waals surface area contributed by atoms with Crippen molar-refractivity contribution in [2.24, 2.45) is 0 Å². The van der Waals surface area contributed by atoms with E-state index in [1.165, 1.54) is 0 Å². The molecule has 0 radical (unpaired) electrons. The minimum Gasteiger partial charge on any atom is -0.495 e. The molecular weight excluding hydrogens is 258 g/mol. The summed E-state index contributed by atoms with van der Waals surface area (Å²) < 4.78 is 10.9. The molecule has 0 aromatic heterocycles. The van der Waals surface area contributed by atoms with E-state index in [1.807, 2.05) is 38.1 Å². The van der Waals surface area contributed by atoms with Gasteiger partial charge in [-0.15, -0.1) is 0 Å². The number of nitrogens with one attached hydrogen (secondary N) is 1. The van der Waals surface area contributed by atoms with Crippen LogP contribution in [0.2, 0.25) is 0 Å². The molecule has 1 aromatic carbocycles. The summed E-state index contributed by atoms with van der Waals surface area (Å²) in [7, 11) is 1.57. The Morgan fingerprint density at radius 3 is 2.50 bits per heavy atom. The number of para-hydroxylation sites is 2. The van der Waals surface area contributed by atoms with Gasteiger partial charge in [0.05, 0.1) is 25.0 Å². The van der Waals surface area contributed by atoms with Crippen molar-refractivity contribution in [3.8, 4) is 5.75 Å². The van der Waals surface area contributed by atoms with E-state index >= 15 is 0 Å². The van der Waals surface area contributed by atoms with E-state index in [-0.39, 0.29) is 12.2 Å². The first-order valence-corrected chi connectivity index (χ1v) is 6.77. The number of hydrogen-bond donors (Lipinski definition) is 2. The van der Waals surface area contributed by atoms with Crippen molar-refractivity contribution in [2.75, 3.05) is 12.4 Å². The lowest BCUT2D eigenvalue weighted by molar-refractivity contribution is -0.151. The first kappa shape index (κ1) is 14.7. The lowest BCUT2D eigenvalue weighted by Crippen LogP contribution is -2.54. The highest BCUT2D eigenvalue weighted by atomic mass is 16.5. The highest BCUT2D eigenvalue weighted by Crippen LogP contribution is 2.35. The van der Waals surface area contributed by atoms with Crippen molar-refractivity contribution in [3.05, 3.63) is 24.3 Å². The van der Waals surface area contributed by atoms with Crippen molar-refractivity contribution in [2.45, 2.75) is 44.4 Å². The van der Waals surface area contributed by atoms with Crippen LogP contribution in [0.5, 0.6) is 5.75 Å². The molecule has 2 N–H and O–H groups in total. The maximum atomic E-state index is 11.8. The number of methoxy groups -OCH3 is 1. The van der Waals surface area contributed by atoms with Crippen LogP contribution < -0.4 is 10.1 Å². The summed E-state index contributed by atoms with van der Waals surface area (Å²) in [6.07, 6.45) is 0.643. The van der Waals surface area contributed by atoms with Gasteiger partial charge >= 0.3 is 5.97 Å². The predicted octanol–water partition coefficient (Wildman–Crippen LogP) is 2.52. The second kappa shape index (κ2) is 5.71.